The van der Waals surface area contributed by atoms with Gasteiger partial charge in [0.15, 0.2) is 17.4 Å². The van der Waals surface area contributed by atoms with Gasteiger partial charge in [-0.3, -0.25) is 9.59 Å². The van der Waals surface area contributed by atoms with Crippen LogP contribution in [0, 0.1) is 6.92 Å². The molecule has 2 heterocycles. The molecule has 0 fully saturated rings. The maximum Gasteiger partial charge on any atom is 0.343 e. The van der Waals surface area contributed by atoms with Gasteiger partial charge in [0.05, 0.1) is 18.3 Å². The van der Waals surface area contributed by atoms with Gasteiger partial charge in [0.2, 0.25) is 5.91 Å². The number of pyridine rings is 1. The SMILES string of the molecule is CCOC(=O)c1cnn(-c2cc(C)c3ccccc3n2)c1NC(=O)CCCC(=O)c1ccccc1. The molecule has 0 saturated carbocycles. The number of anilines is 1. The van der Waals surface area contributed by atoms with Crippen LogP contribution in [0.15, 0.2) is 66.9 Å². The summed E-state index contributed by atoms with van der Waals surface area (Å²) in [4.78, 5) is 42.3. The topological polar surface area (TPSA) is 103 Å². The Morgan fingerprint density at radius 2 is 1.74 bits per heavy atom. The Morgan fingerprint density at radius 3 is 2.51 bits per heavy atom. The minimum atomic E-state index is -0.592. The first-order chi connectivity index (χ1) is 17.0. The highest BCUT2D eigenvalue weighted by Gasteiger charge is 2.22. The number of aromatic nitrogens is 3. The highest BCUT2D eigenvalue weighted by molar-refractivity contribution is 6.01. The van der Waals surface area contributed by atoms with Crippen molar-refractivity contribution in [1.82, 2.24) is 14.8 Å². The second-order valence-corrected chi connectivity index (χ2v) is 8.04. The summed E-state index contributed by atoms with van der Waals surface area (Å²) >= 11 is 0. The molecule has 0 unspecified atom stereocenters. The largest absolute Gasteiger partial charge is 0.462 e. The molecule has 8 heteroatoms. The Bertz CT molecular complexity index is 1380. The molecule has 35 heavy (non-hydrogen) atoms. The molecule has 4 aromatic rings. The quantitative estimate of drug-likeness (QED) is 0.276. The number of para-hydroxylation sites is 1. The highest BCUT2D eigenvalue weighted by atomic mass is 16.5. The minimum absolute atomic E-state index is 0.0218. The van der Waals surface area contributed by atoms with E-state index in [1.807, 2.05) is 43.3 Å². The van der Waals surface area contributed by atoms with Gasteiger partial charge in [-0.1, -0.05) is 48.5 Å². The van der Waals surface area contributed by atoms with Gasteiger partial charge in [0.1, 0.15) is 5.56 Å². The molecule has 0 radical (unpaired) electrons. The Balaban J connectivity index is 1.56. The number of esters is 1. The molecule has 0 spiro atoms. The molecule has 0 aliphatic carbocycles. The van der Waals surface area contributed by atoms with Gasteiger partial charge >= 0.3 is 5.97 Å². The van der Waals surface area contributed by atoms with E-state index in [1.54, 1.807) is 31.2 Å². The van der Waals surface area contributed by atoms with Crippen LogP contribution < -0.4 is 5.32 Å². The number of nitrogens with zero attached hydrogens (tertiary/aromatic N) is 3. The number of fused-ring (bicyclic) bond motifs is 1. The minimum Gasteiger partial charge on any atom is -0.462 e. The number of benzene rings is 2. The van der Waals surface area contributed by atoms with E-state index < -0.39 is 5.97 Å². The lowest BCUT2D eigenvalue weighted by Crippen LogP contribution is -2.18. The lowest BCUT2D eigenvalue weighted by Gasteiger charge is -2.12. The van der Waals surface area contributed by atoms with Crippen molar-refractivity contribution in [2.45, 2.75) is 33.1 Å². The summed E-state index contributed by atoms with van der Waals surface area (Å²) in [5, 5.41) is 8.11. The van der Waals surface area contributed by atoms with Crippen LogP contribution in [0.1, 0.15) is 52.5 Å². The molecular weight excluding hydrogens is 444 g/mol. The number of nitrogens with one attached hydrogen (secondary N) is 1. The molecule has 2 aromatic carbocycles. The molecule has 178 valence electrons. The fraction of sp³-hybridized carbons (Fsp3) is 0.222. The molecule has 4 rings (SSSR count). The molecule has 1 N–H and O–H groups in total. The third-order valence-corrected chi connectivity index (χ3v) is 5.55. The van der Waals surface area contributed by atoms with Gasteiger partial charge in [-0.05, 0) is 38.0 Å². The number of hydrogen-bond donors (Lipinski definition) is 1. The number of ether oxygens (including phenoxy) is 1. The Kier molecular flexibility index (Phi) is 7.30. The summed E-state index contributed by atoms with van der Waals surface area (Å²) in [5.74, 6) is -0.302. The Hall–Kier alpha value is -4.33. The third kappa shape index (κ3) is 5.43. The fourth-order valence-corrected chi connectivity index (χ4v) is 3.81. The van der Waals surface area contributed by atoms with Crippen molar-refractivity contribution >= 4 is 34.4 Å². The molecule has 0 bridgehead atoms. The Labute approximate surface area is 202 Å². The van der Waals surface area contributed by atoms with Crippen molar-refractivity contribution in [1.29, 1.82) is 0 Å². The zero-order chi connectivity index (χ0) is 24.8. The molecule has 8 nitrogen and oxygen atoms in total. The van der Waals surface area contributed by atoms with Gasteiger partial charge in [0, 0.05) is 23.8 Å². The molecule has 0 aliphatic heterocycles. The van der Waals surface area contributed by atoms with Crippen molar-refractivity contribution in [3.05, 3.63) is 83.6 Å². The van der Waals surface area contributed by atoms with E-state index in [9.17, 15) is 14.4 Å². The average molecular weight is 471 g/mol. The van der Waals surface area contributed by atoms with Crippen molar-refractivity contribution in [2.24, 2.45) is 0 Å². The first-order valence-electron chi connectivity index (χ1n) is 11.5. The van der Waals surface area contributed by atoms with Gasteiger partial charge in [-0.15, -0.1) is 0 Å². The van der Waals surface area contributed by atoms with Gasteiger partial charge in [-0.25, -0.2) is 9.78 Å². The van der Waals surface area contributed by atoms with E-state index >= 15 is 0 Å². The monoisotopic (exact) mass is 470 g/mol. The van der Waals surface area contributed by atoms with Crippen LogP contribution in [0.5, 0.6) is 0 Å². The predicted molar refractivity (Wildman–Crippen MR) is 133 cm³/mol. The number of carbonyl (C=O) groups excluding carboxylic acids is 3. The van der Waals surface area contributed by atoms with Gasteiger partial charge in [0.25, 0.3) is 0 Å². The lowest BCUT2D eigenvalue weighted by molar-refractivity contribution is -0.116. The second kappa shape index (κ2) is 10.7. The number of aryl methyl sites for hydroxylation is 1. The smallest absolute Gasteiger partial charge is 0.343 e. The second-order valence-electron chi connectivity index (χ2n) is 8.04. The van der Waals surface area contributed by atoms with Crippen LogP contribution in [0.25, 0.3) is 16.7 Å². The van der Waals surface area contributed by atoms with Gasteiger partial charge < -0.3 is 10.1 Å². The van der Waals surface area contributed by atoms with E-state index in [0.29, 0.717) is 17.8 Å². The summed E-state index contributed by atoms with van der Waals surface area (Å²) in [7, 11) is 0. The first kappa shape index (κ1) is 23.8. The molecule has 1 amide bonds. The zero-order valence-electron chi connectivity index (χ0n) is 19.7. The van der Waals surface area contributed by atoms with Crippen LogP contribution >= 0.6 is 0 Å². The van der Waals surface area contributed by atoms with Crippen LogP contribution in [0.4, 0.5) is 5.82 Å². The number of rotatable bonds is 9. The van der Waals surface area contributed by atoms with E-state index in [1.165, 1.54) is 10.9 Å². The molecule has 0 aliphatic rings. The van der Waals surface area contributed by atoms with E-state index in [2.05, 4.69) is 15.4 Å². The number of Topliss-reactive ketones (excluding diaryl/α,β-unsaturated/α-hetero) is 1. The zero-order valence-corrected chi connectivity index (χ0v) is 19.7. The van der Waals surface area contributed by atoms with Crippen LogP contribution in [-0.2, 0) is 9.53 Å². The summed E-state index contributed by atoms with van der Waals surface area (Å²) in [5.41, 5.74) is 2.50. The van der Waals surface area contributed by atoms with Crippen molar-refractivity contribution in [3.63, 3.8) is 0 Å². The number of ketones is 1. The highest BCUT2D eigenvalue weighted by Crippen LogP contribution is 2.25. The van der Waals surface area contributed by atoms with Crippen molar-refractivity contribution in [3.8, 4) is 5.82 Å². The first-order valence-corrected chi connectivity index (χ1v) is 11.5. The summed E-state index contributed by atoms with van der Waals surface area (Å²) < 4.78 is 6.58. The van der Waals surface area contributed by atoms with Crippen LogP contribution in [0.3, 0.4) is 0 Å². The van der Waals surface area contributed by atoms with Crippen LogP contribution in [-0.4, -0.2) is 39.0 Å². The summed E-state index contributed by atoms with van der Waals surface area (Å²) in [6.07, 6.45) is 2.08. The van der Waals surface area contributed by atoms with Crippen LogP contribution in [0.2, 0.25) is 0 Å². The van der Waals surface area contributed by atoms with E-state index in [-0.39, 0.29) is 42.5 Å². The predicted octanol–water partition coefficient (Wildman–Crippen LogP) is 4.90. The third-order valence-electron chi connectivity index (χ3n) is 5.55. The van der Waals surface area contributed by atoms with E-state index in [0.717, 1.165) is 16.5 Å². The average Bonchev–Trinajstić information content (AvgIpc) is 3.28. The fourth-order valence-electron chi connectivity index (χ4n) is 3.81. The normalized spacial score (nSPS) is 10.8. The summed E-state index contributed by atoms with van der Waals surface area (Å²) in [6, 6.07) is 18.5. The molecular formula is C27H26N4O4. The molecule has 0 saturated heterocycles. The summed E-state index contributed by atoms with van der Waals surface area (Å²) in [6.45, 7) is 3.86. The van der Waals surface area contributed by atoms with Crippen molar-refractivity contribution in [2.75, 3.05) is 11.9 Å². The molecule has 0 atom stereocenters. The standard InChI is InChI=1S/C27H26N4O4/c1-3-35-27(34)21-17-28-31(24-16-18(2)20-12-7-8-13-22(20)29-24)26(21)30-25(33)15-9-14-23(32)19-10-5-4-6-11-19/h4-8,10-13,16-17H,3,9,14-15H2,1-2H3,(H,30,33). The van der Waals surface area contributed by atoms with Crippen molar-refractivity contribution < 1.29 is 19.1 Å². The Morgan fingerprint density at radius 1 is 1.00 bits per heavy atom. The number of amides is 1. The number of carbonyl (C=O) groups is 3. The maximum absolute atomic E-state index is 12.8. The molecule has 2 aromatic heterocycles. The number of hydrogen-bond acceptors (Lipinski definition) is 6. The van der Waals surface area contributed by atoms with Gasteiger partial charge in [-0.2, -0.15) is 9.78 Å². The maximum atomic E-state index is 12.8. The lowest BCUT2D eigenvalue weighted by atomic mass is 10.1. The van der Waals surface area contributed by atoms with E-state index in [4.69, 9.17) is 4.74 Å².